The van der Waals surface area contributed by atoms with Gasteiger partial charge in [0, 0.05) is 13.2 Å². The molecule has 0 aromatic carbocycles. The van der Waals surface area contributed by atoms with Crippen LogP contribution in [-0.2, 0) is 9.53 Å². The van der Waals surface area contributed by atoms with Gasteiger partial charge in [0.1, 0.15) is 5.54 Å². The maximum atomic E-state index is 11.1. The topological polar surface area (TPSA) is 78.8 Å². The van der Waals surface area contributed by atoms with E-state index in [4.69, 9.17) is 9.84 Å². The molecule has 0 rings (SSSR count). The highest BCUT2D eigenvalue weighted by atomic mass is 16.5. The standard InChI is InChI=1S/C11H23NO4/c1-4-11(5-2,10(14)15)12-7-9(13)8-16-6-3/h9,12-13H,4-8H2,1-3H3,(H,14,15). The minimum absolute atomic E-state index is 0.229. The Hall–Kier alpha value is -0.650. The summed E-state index contributed by atoms with van der Waals surface area (Å²) in [5.74, 6) is -0.874. The van der Waals surface area contributed by atoms with Crippen molar-refractivity contribution in [2.45, 2.75) is 45.3 Å². The van der Waals surface area contributed by atoms with Gasteiger partial charge in [-0.3, -0.25) is 10.1 Å². The van der Waals surface area contributed by atoms with E-state index in [0.717, 1.165) is 0 Å². The average Bonchev–Trinajstić information content (AvgIpc) is 2.28. The molecule has 0 aromatic heterocycles. The summed E-state index contributed by atoms with van der Waals surface area (Å²) in [6, 6.07) is 0. The SMILES string of the molecule is CCOCC(O)CNC(CC)(CC)C(=O)O. The van der Waals surface area contributed by atoms with Gasteiger partial charge in [-0.15, -0.1) is 0 Å². The summed E-state index contributed by atoms with van der Waals surface area (Å²) in [7, 11) is 0. The van der Waals surface area contributed by atoms with Crippen LogP contribution in [-0.4, -0.2) is 47.6 Å². The summed E-state index contributed by atoms with van der Waals surface area (Å²) in [6.45, 7) is 6.49. The molecule has 0 bridgehead atoms. The van der Waals surface area contributed by atoms with Gasteiger partial charge >= 0.3 is 5.97 Å². The Morgan fingerprint density at radius 1 is 1.38 bits per heavy atom. The van der Waals surface area contributed by atoms with E-state index in [0.29, 0.717) is 19.4 Å². The summed E-state index contributed by atoms with van der Waals surface area (Å²) in [5, 5.41) is 21.6. The van der Waals surface area contributed by atoms with Crippen LogP contribution in [0.15, 0.2) is 0 Å². The molecule has 0 aliphatic carbocycles. The summed E-state index contributed by atoms with van der Waals surface area (Å²) in [6.07, 6.45) is 0.303. The van der Waals surface area contributed by atoms with Crippen molar-refractivity contribution >= 4 is 5.97 Å². The van der Waals surface area contributed by atoms with Crippen LogP contribution >= 0.6 is 0 Å². The van der Waals surface area contributed by atoms with Crippen molar-refractivity contribution in [2.24, 2.45) is 0 Å². The summed E-state index contributed by atoms with van der Waals surface area (Å²) in [4.78, 5) is 11.1. The fourth-order valence-electron chi connectivity index (χ4n) is 1.50. The molecule has 0 heterocycles. The minimum atomic E-state index is -0.937. The number of carboxylic acids is 1. The van der Waals surface area contributed by atoms with E-state index in [2.05, 4.69) is 5.32 Å². The molecule has 1 atom stereocenters. The third-order valence-corrected chi connectivity index (χ3v) is 2.81. The van der Waals surface area contributed by atoms with Gasteiger partial charge in [-0.1, -0.05) is 13.8 Å². The number of aliphatic hydroxyl groups excluding tert-OH is 1. The minimum Gasteiger partial charge on any atom is -0.480 e. The van der Waals surface area contributed by atoms with Crippen molar-refractivity contribution in [1.82, 2.24) is 5.32 Å². The number of hydrogen-bond acceptors (Lipinski definition) is 4. The monoisotopic (exact) mass is 233 g/mol. The molecule has 5 nitrogen and oxygen atoms in total. The quantitative estimate of drug-likeness (QED) is 0.544. The van der Waals surface area contributed by atoms with Gasteiger partial charge in [-0.25, -0.2) is 0 Å². The number of aliphatic hydroxyl groups is 1. The molecule has 16 heavy (non-hydrogen) atoms. The molecule has 0 aromatic rings. The van der Waals surface area contributed by atoms with Crippen molar-refractivity contribution in [3.05, 3.63) is 0 Å². The lowest BCUT2D eigenvalue weighted by molar-refractivity contribution is -0.145. The summed E-state index contributed by atoms with van der Waals surface area (Å²) < 4.78 is 5.05. The van der Waals surface area contributed by atoms with Crippen LogP contribution in [0.25, 0.3) is 0 Å². The molecule has 1 unspecified atom stereocenters. The molecule has 5 heteroatoms. The number of ether oxygens (including phenoxy) is 1. The Balaban J connectivity index is 4.16. The maximum absolute atomic E-state index is 11.1. The van der Waals surface area contributed by atoms with Gasteiger partial charge in [0.15, 0.2) is 0 Å². The van der Waals surface area contributed by atoms with Crippen molar-refractivity contribution < 1.29 is 19.7 Å². The van der Waals surface area contributed by atoms with E-state index in [1.807, 2.05) is 20.8 Å². The zero-order chi connectivity index (χ0) is 12.6. The molecule has 0 fully saturated rings. The lowest BCUT2D eigenvalue weighted by Gasteiger charge is -2.29. The third kappa shape index (κ3) is 4.47. The van der Waals surface area contributed by atoms with E-state index in [1.54, 1.807) is 0 Å². The lowest BCUT2D eigenvalue weighted by Crippen LogP contribution is -2.53. The number of aliphatic carboxylic acids is 1. The van der Waals surface area contributed by atoms with Gasteiger partial charge in [0.2, 0.25) is 0 Å². The Morgan fingerprint density at radius 3 is 2.31 bits per heavy atom. The second-order valence-corrected chi connectivity index (χ2v) is 3.79. The number of carboxylic acid groups (broad SMARTS) is 1. The van der Waals surface area contributed by atoms with E-state index in [-0.39, 0.29) is 13.2 Å². The molecule has 96 valence electrons. The molecular formula is C11H23NO4. The van der Waals surface area contributed by atoms with E-state index < -0.39 is 17.6 Å². The number of rotatable bonds is 9. The van der Waals surface area contributed by atoms with Crippen LogP contribution in [0.5, 0.6) is 0 Å². The Labute approximate surface area is 96.8 Å². The predicted molar refractivity (Wildman–Crippen MR) is 61.5 cm³/mol. The second kappa shape index (κ2) is 7.60. The summed E-state index contributed by atoms with van der Waals surface area (Å²) >= 11 is 0. The van der Waals surface area contributed by atoms with E-state index >= 15 is 0 Å². The highest BCUT2D eigenvalue weighted by molar-refractivity contribution is 5.78. The van der Waals surface area contributed by atoms with Crippen molar-refractivity contribution in [3.63, 3.8) is 0 Å². The van der Waals surface area contributed by atoms with Crippen LogP contribution in [0.1, 0.15) is 33.6 Å². The zero-order valence-corrected chi connectivity index (χ0v) is 10.3. The maximum Gasteiger partial charge on any atom is 0.323 e. The Morgan fingerprint density at radius 2 is 1.94 bits per heavy atom. The van der Waals surface area contributed by atoms with Gasteiger partial charge in [-0.2, -0.15) is 0 Å². The van der Waals surface area contributed by atoms with Gasteiger partial charge in [-0.05, 0) is 19.8 Å². The lowest BCUT2D eigenvalue weighted by atomic mass is 9.93. The summed E-state index contributed by atoms with van der Waals surface area (Å²) in [5.41, 5.74) is -0.937. The molecule has 0 aliphatic heterocycles. The highest BCUT2D eigenvalue weighted by Crippen LogP contribution is 2.15. The molecule has 0 saturated carbocycles. The first-order valence-electron chi connectivity index (χ1n) is 5.76. The molecule has 3 N–H and O–H groups in total. The first-order valence-corrected chi connectivity index (χ1v) is 5.76. The van der Waals surface area contributed by atoms with Crippen molar-refractivity contribution in [3.8, 4) is 0 Å². The van der Waals surface area contributed by atoms with Crippen molar-refractivity contribution in [1.29, 1.82) is 0 Å². The van der Waals surface area contributed by atoms with Crippen LogP contribution < -0.4 is 5.32 Å². The van der Waals surface area contributed by atoms with Gasteiger partial charge in [0.05, 0.1) is 12.7 Å². The number of carbonyl (C=O) groups is 1. The Kier molecular flexibility index (Phi) is 7.29. The van der Waals surface area contributed by atoms with Crippen LogP contribution in [0, 0.1) is 0 Å². The normalized spacial score (nSPS) is 13.8. The predicted octanol–water partition coefficient (Wildman–Crippen LogP) is 0.617. The largest absolute Gasteiger partial charge is 0.480 e. The number of hydrogen-bond donors (Lipinski definition) is 3. The molecule has 0 radical (unpaired) electrons. The van der Waals surface area contributed by atoms with Crippen LogP contribution in [0.2, 0.25) is 0 Å². The van der Waals surface area contributed by atoms with Crippen LogP contribution in [0.4, 0.5) is 0 Å². The molecule has 0 amide bonds. The zero-order valence-electron chi connectivity index (χ0n) is 10.3. The highest BCUT2D eigenvalue weighted by Gasteiger charge is 2.34. The molecule has 0 spiro atoms. The number of β-amino-alcohol motifs (C(OH)–C–C–N with tert-alkyl or cyclic N) is 1. The first kappa shape index (κ1) is 15.3. The fraction of sp³-hybridized carbons (Fsp3) is 0.909. The van der Waals surface area contributed by atoms with Crippen LogP contribution in [0.3, 0.4) is 0 Å². The van der Waals surface area contributed by atoms with E-state index in [1.165, 1.54) is 0 Å². The molecular weight excluding hydrogens is 210 g/mol. The molecule has 0 aliphatic rings. The van der Waals surface area contributed by atoms with Gasteiger partial charge in [0.25, 0.3) is 0 Å². The fourth-order valence-corrected chi connectivity index (χ4v) is 1.50. The second-order valence-electron chi connectivity index (χ2n) is 3.79. The average molecular weight is 233 g/mol. The number of nitrogens with one attached hydrogen (secondary N) is 1. The third-order valence-electron chi connectivity index (χ3n) is 2.81. The molecule has 0 saturated heterocycles. The first-order chi connectivity index (χ1) is 7.52. The van der Waals surface area contributed by atoms with Gasteiger partial charge < -0.3 is 14.9 Å². The van der Waals surface area contributed by atoms with E-state index in [9.17, 15) is 9.90 Å². The van der Waals surface area contributed by atoms with Crippen molar-refractivity contribution in [2.75, 3.05) is 19.8 Å². The Bertz CT molecular complexity index is 204. The smallest absolute Gasteiger partial charge is 0.323 e.